The van der Waals surface area contributed by atoms with Gasteiger partial charge in [0, 0.05) is 16.9 Å². The Morgan fingerprint density at radius 2 is 1.73 bits per heavy atom. The van der Waals surface area contributed by atoms with Crippen molar-refractivity contribution in [1.82, 2.24) is 0 Å². The first-order valence-corrected chi connectivity index (χ1v) is 11.0. The summed E-state index contributed by atoms with van der Waals surface area (Å²) in [5, 5.41) is -0.0535. The SMILES string of the molecule is CCOC(=O)C(CC(CC1CCSC1=O)SC(=S)OCC)C(=O)OCC. The molecule has 2 unspecified atom stereocenters. The van der Waals surface area contributed by atoms with Crippen molar-refractivity contribution in [3.05, 3.63) is 0 Å². The number of hydrogen-bond acceptors (Lipinski definition) is 9. The molecule has 1 aliphatic heterocycles. The first kappa shape index (κ1) is 23.2. The van der Waals surface area contributed by atoms with E-state index in [4.69, 9.17) is 26.4 Å². The maximum Gasteiger partial charge on any atom is 0.320 e. The lowest BCUT2D eigenvalue weighted by atomic mass is 9.95. The summed E-state index contributed by atoms with van der Waals surface area (Å²) in [7, 11) is 0. The molecule has 0 spiro atoms. The zero-order valence-corrected chi connectivity index (χ0v) is 17.8. The maximum atomic E-state index is 12.2. The van der Waals surface area contributed by atoms with Gasteiger partial charge in [-0.3, -0.25) is 14.4 Å². The average molecular weight is 423 g/mol. The van der Waals surface area contributed by atoms with Gasteiger partial charge in [0.1, 0.15) is 0 Å². The molecular weight excluding hydrogens is 396 g/mol. The van der Waals surface area contributed by atoms with Crippen molar-refractivity contribution in [1.29, 1.82) is 0 Å². The molecule has 0 amide bonds. The molecule has 1 rings (SSSR count). The van der Waals surface area contributed by atoms with Gasteiger partial charge in [-0.25, -0.2) is 0 Å². The molecule has 26 heavy (non-hydrogen) atoms. The van der Waals surface area contributed by atoms with E-state index in [0.29, 0.717) is 17.4 Å². The molecule has 1 aliphatic rings. The number of carbonyl (C=O) groups excluding carboxylic acids is 3. The molecule has 0 N–H and O–H groups in total. The van der Waals surface area contributed by atoms with Crippen molar-refractivity contribution in [2.75, 3.05) is 25.6 Å². The molecule has 0 saturated carbocycles. The van der Waals surface area contributed by atoms with E-state index in [1.807, 2.05) is 6.92 Å². The highest BCUT2D eigenvalue weighted by atomic mass is 32.2. The topological polar surface area (TPSA) is 78.9 Å². The van der Waals surface area contributed by atoms with Crippen molar-refractivity contribution in [2.45, 2.75) is 45.3 Å². The van der Waals surface area contributed by atoms with Crippen LogP contribution in [0.5, 0.6) is 0 Å². The van der Waals surface area contributed by atoms with Gasteiger partial charge in [-0.2, -0.15) is 0 Å². The van der Waals surface area contributed by atoms with Gasteiger partial charge in [0.25, 0.3) is 0 Å². The van der Waals surface area contributed by atoms with E-state index in [-0.39, 0.29) is 35.9 Å². The minimum atomic E-state index is -1.03. The van der Waals surface area contributed by atoms with E-state index in [0.717, 1.165) is 12.2 Å². The van der Waals surface area contributed by atoms with Gasteiger partial charge in [-0.15, -0.1) is 0 Å². The van der Waals surface area contributed by atoms with Gasteiger partial charge < -0.3 is 14.2 Å². The summed E-state index contributed by atoms with van der Waals surface area (Å²) in [5.41, 5.74) is 0. The van der Waals surface area contributed by atoms with Crippen LogP contribution in [0.15, 0.2) is 0 Å². The number of thioether (sulfide) groups is 2. The van der Waals surface area contributed by atoms with E-state index < -0.39 is 17.9 Å². The summed E-state index contributed by atoms with van der Waals surface area (Å²) in [6.45, 7) is 6.01. The third-order valence-corrected chi connectivity index (χ3v) is 6.25. The van der Waals surface area contributed by atoms with Crippen LogP contribution in [0.1, 0.15) is 40.0 Å². The van der Waals surface area contributed by atoms with Gasteiger partial charge in [-0.1, -0.05) is 23.5 Å². The average Bonchev–Trinajstić information content (AvgIpc) is 2.97. The second-order valence-corrected chi connectivity index (χ2v) is 8.61. The monoisotopic (exact) mass is 422 g/mol. The van der Waals surface area contributed by atoms with Crippen LogP contribution in [0.4, 0.5) is 0 Å². The predicted octanol–water partition coefficient (Wildman–Crippen LogP) is 3.21. The molecule has 0 radical (unpaired) electrons. The van der Waals surface area contributed by atoms with Gasteiger partial charge in [0.05, 0.1) is 19.8 Å². The standard InChI is InChI=1S/C17H26O6S3/c1-4-21-14(18)13(15(19)22-5-2)10-12(26-17(24)23-6-3)9-11-7-8-25-16(11)20/h11-13H,4-10H2,1-3H3. The van der Waals surface area contributed by atoms with E-state index in [2.05, 4.69) is 0 Å². The number of thiocarbonyl (C=S) groups is 1. The molecule has 1 fully saturated rings. The normalized spacial score (nSPS) is 17.8. The Kier molecular flexibility index (Phi) is 11.2. The van der Waals surface area contributed by atoms with E-state index in [1.54, 1.807) is 13.8 Å². The van der Waals surface area contributed by atoms with Crippen LogP contribution in [-0.2, 0) is 28.6 Å². The molecule has 148 valence electrons. The Morgan fingerprint density at radius 3 is 2.19 bits per heavy atom. The van der Waals surface area contributed by atoms with Gasteiger partial charge in [-0.05, 0) is 52.3 Å². The van der Waals surface area contributed by atoms with Crippen molar-refractivity contribution in [3.63, 3.8) is 0 Å². The maximum absolute atomic E-state index is 12.2. The van der Waals surface area contributed by atoms with Crippen molar-refractivity contribution in [3.8, 4) is 0 Å². The van der Waals surface area contributed by atoms with Crippen LogP contribution in [-0.4, -0.2) is 52.3 Å². The molecule has 1 saturated heterocycles. The molecule has 2 atom stereocenters. The van der Waals surface area contributed by atoms with Gasteiger partial charge in [0.15, 0.2) is 11.0 Å². The lowest BCUT2D eigenvalue weighted by Gasteiger charge is -2.23. The molecule has 1 heterocycles. The fourth-order valence-corrected chi connectivity index (χ4v) is 5.24. The van der Waals surface area contributed by atoms with Crippen LogP contribution in [0.2, 0.25) is 0 Å². The number of ether oxygens (including phenoxy) is 3. The Bertz CT molecular complexity index is 493. The van der Waals surface area contributed by atoms with E-state index >= 15 is 0 Å². The molecule has 0 aromatic rings. The second kappa shape index (κ2) is 12.6. The largest absolute Gasteiger partial charge is 0.479 e. The van der Waals surface area contributed by atoms with E-state index in [9.17, 15) is 14.4 Å². The summed E-state index contributed by atoms with van der Waals surface area (Å²) < 4.78 is 15.7. The first-order valence-electron chi connectivity index (χ1n) is 8.76. The van der Waals surface area contributed by atoms with Gasteiger partial charge in [0.2, 0.25) is 4.38 Å². The Hall–Kier alpha value is -0.800. The highest BCUT2D eigenvalue weighted by molar-refractivity contribution is 8.23. The van der Waals surface area contributed by atoms with Crippen LogP contribution >= 0.6 is 35.7 Å². The number of esters is 2. The second-order valence-electron chi connectivity index (χ2n) is 5.60. The molecular formula is C17H26O6S3. The van der Waals surface area contributed by atoms with Crippen LogP contribution in [0.25, 0.3) is 0 Å². The third-order valence-electron chi connectivity index (χ3n) is 3.76. The molecule has 0 bridgehead atoms. The minimum absolute atomic E-state index is 0.0908. The molecule has 6 nitrogen and oxygen atoms in total. The number of carbonyl (C=O) groups is 3. The van der Waals surface area contributed by atoms with Crippen molar-refractivity contribution < 1.29 is 28.6 Å². The Morgan fingerprint density at radius 1 is 1.15 bits per heavy atom. The fraction of sp³-hybridized carbons (Fsp3) is 0.765. The number of rotatable bonds is 10. The predicted molar refractivity (Wildman–Crippen MR) is 107 cm³/mol. The van der Waals surface area contributed by atoms with Crippen LogP contribution < -0.4 is 0 Å². The fourth-order valence-electron chi connectivity index (χ4n) is 2.59. The van der Waals surface area contributed by atoms with E-state index in [1.165, 1.54) is 23.5 Å². The Labute approximate surface area is 168 Å². The zero-order valence-electron chi connectivity index (χ0n) is 15.4. The molecule has 0 aromatic heterocycles. The lowest BCUT2D eigenvalue weighted by molar-refractivity contribution is -0.161. The number of hydrogen-bond donors (Lipinski definition) is 0. The lowest BCUT2D eigenvalue weighted by Crippen LogP contribution is -2.32. The third kappa shape index (κ3) is 7.84. The zero-order chi connectivity index (χ0) is 19.5. The minimum Gasteiger partial charge on any atom is -0.479 e. The van der Waals surface area contributed by atoms with Crippen LogP contribution in [0.3, 0.4) is 0 Å². The summed E-state index contributed by atoms with van der Waals surface area (Å²) in [5.74, 6) is -1.53. The first-order chi connectivity index (χ1) is 12.4. The van der Waals surface area contributed by atoms with Gasteiger partial charge >= 0.3 is 11.9 Å². The van der Waals surface area contributed by atoms with Crippen LogP contribution in [0, 0.1) is 11.8 Å². The summed E-state index contributed by atoms with van der Waals surface area (Å²) in [6.07, 6.45) is 1.54. The van der Waals surface area contributed by atoms with Crippen molar-refractivity contribution in [2.24, 2.45) is 11.8 Å². The summed E-state index contributed by atoms with van der Waals surface area (Å²) in [4.78, 5) is 36.5. The highest BCUT2D eigenvalue weighted by Crippen LogP contribution is 2.35. The highest BCUT2D eigenvalue weighted by Gasteiger charge is 2.36. The summed E-state index contributed by atoms with van der Waals surface area (Å²) in [6, 6.07) is 0. The molecule has 0 aliphatic carbocycles. The quantitative estimate of drug-likeness (QED) is 0.299. The Balaban J connectivity index is 2.88. The smallest absolute Gasteiger partial charge is 0.320 e. The molecule has 0 aromatic carbocycles. The summed E-state index contributed by atoms with van der Waals surface area (Å²) >= 11 is 7.82. The molecule has 9 heteroatoms. The van der Waals surface area contributed by atoms with Crippen molar-refractivity contribution >= 4 is 57.2 Å².